The zero-order chi connectivity index (χ0) is 6.41. The van der Waals surface area contributed by atoms with Crippen LogP contribution in [0.15, 0.2) is 0 Å². The Balaban J connectivity index is 2.42. The van der Waals surface area contributed by atoms with Crippen molar-refractivity contribution in [3.8, 4) is 0 Å². The van der Waals surface area contributed by atoms with Crippen LogP contribution in [0.2, 0.25) is 0 Å². The molecule has 1 nitrogen and oxygen atoms in total. The Morgan fingerprint density at radius 1 is 1.25 bits per heavy atom. The van der Waals surface area contributed by atoms with Gasteiger partial charge in [0.1, 0.15) is 13.1 Å². The molecular formula is C5H10F2N+. The van der Waals surface area contributed by atoms with E-state index < -0.39 is 5.92 Å². The summed E-state index contributed by atoms with van der Waals surface area (Å²) >= 11 is 0. The molecule has 0 bridgehead atoms. The third-order valence-corrected chi connectivity index (χ3v) is 1.32. The van der Waals surface area contributed by atoms with E-state index in [-0.39, 0.29) is 13.1 Å². The lowest BCUT2D eigenvalue weighted by molar-refractivity contribution is -0.952. The first-order valence-corrected chi connectivity index (χ1v) is 2.61. The molecule has 0 unspecified atom stereocenters. The molecule has 0 aromatic rings. The molecule has 48 valence electrons. The molecule has 1 heterocycles. The van der Waals surface area contributed by atoms with Crippen molar-refractivity contribution >= 4 is 0 Å². The number of rotatable bonds is 0. The lowest BCUT2D eigenvalue weighted by Crippen LogP contribution is -2.65. The van der Waals surface area contributed by atoms with Gasteiger partial charge < -0.3 is 4.48 Å². The minimum absolute atomic E-state index is 0.00694. The molecule has 0 radical (unpaired) electrons. The first-order valence-electron chi connectivity index (χ1n) is 2.61. The Bertz CT molecular complexity index is 87.0. The zero-order valence-corrected chi connectivity index (χ0v) is 5.12. The van der Waals surface area contributed by atoms with Crippen LogP contribution < -0.4 is 0 Å². The molecule has 0 aromatic carbocycles. The van der Waals surface area contributed by atoms with Crippen molar-refractivity contribution < 1.29 is 13.3 Å². The summed E-state index contributed by atoms with van der Waals surface area (Å²) in [6.07, 6.45) is 0. The number of nitrogens with zero attached hydrogens (tertiary/aromatic N) is 1. The van der Waals surface area contributed by atoms with Crippen molar-refractivity contribution in [2.24, 2.45) is 0 Å². The summed E-state index contributed by atoms with van der Waals surface area (Å²) in [5.41, 5.74) is 0. The second-order valence-corrected chi connectivity index (χ2v) is 3.11. The van der Waals surface area contributed by atoms with Crippen LogP contribution in [-0.2, 0) is 0 Å². The molecule has 0 aromatic heterocycles. The molecule has 1 fully saturated rings. The first kappa shape index (κ1) is 5.95. The van der Waals surface area contributed by atoms with Gasteiger partial charge in [-0.1, -0.05) is 0 Å². The van der Waals surface area contributed by atoms with Gasteiger partial charge in [0.15, 0.2) is 0 Å². The molecule has 1 rings (SSSR count). The number of alkyl halides is 2. The third-order valence-electron chi connectivity index (χ3n) is 1.32. The van der Waals surface area contributed by atoms with Crippen molar-refractivity contribution in [3.05, 3.63) is 0 Å². The van der Waals surface area contributed by atoms with Crippen LogP contribution in [0.3, 0.4) is 0 Å². The Morgan fingerprint density at radius 3 is 1.62 bits per heavy atom. The summed E-state index contributed by atoms with van der Waals surface area (Å²) in [6, 6.07) is 0. The standard InChI is InChI=1S/C5H10F2N/c1-8(2)3-5(6,7)4-8/h3-4H2,1-2H3/q+1. The highest BCUT2D eigenvalue weighted by atomic mass is 19.3. The van der Waals surface area contributed by atoms with E-state index in [0.29, 0.717) is 4.48 Å². The highest BCUT2D eigenvalue weighted by molar-refractivity contribution is 4.73. The molecule has 0 saturated carbocycles. The van der Waals surface area contributed by atoms with Gasteiger partial charge in [0.25, 0.3) is 0 Å². The third kappa shape index (κ3) is 0.968. The van der Waals surface area contributed by atoms with Gasteiger partial charge in [-0.3, -0.25) is 0 Å². The van der Waals surface area contributed by atoms with E-state index >= 15 is 0 Å². The van der Waals surface area contributed by atoms with Crippen molar-refractivity contribution in [2.75, 3.05) is 27.2 Å². The van der Waals surface area contributed by atoms with E-state index in [1.54, 1.807) is 14.1 Å². The lowest BCUT2D eigenvalue weighted by atomic mass is 10.1. The fourth-order valence-corrected chi connectivity index (χ4v) is 1.21. The van der Waals surface area contributed by atoms with E-state index in [2.05, 4.69) is 0 Å². The fraction of sp³-hybridized carbons (Fsp3) is 1.00. The predicted octanol–water partition coefficient (Wildman–Crippen LogP) is 0.712. The SMILES string of the molecule is C[N+]1(C)CC(F)(F)C1. The highest BCUT2D eigenvalue weighted by Crippen LogP contribution is 2.29. The Kier molecular flexibility index (Phi) is 0.899. The maximum Gasteiger partial charge on any atom is 0.342 e. The van der Waals surface area contributed by atoms with Gasteiger partial charge in [-0.2, -0.15) is 8.78 Å². The van der Waals surface area contributed by atoms with Gasteiger partial charge in [-0.25, -0.2) is 0 Å². The normalized spacial score (nSPS) is 31.5. The molecule has 0 spiro atoms. The summed E-state index contributed by atoms with van der Waals surface area (Å²) in [5, 5.41) is 0. The van der Waals surface area contributed by atoms with E-state index in [1.165, 1.54) is 0 Å². The molecule has 0 N–H and O–H groups in total. The average Bonchev–Trinajstić information content (AvgIpc) is 1.20. The monoisotopic (exact) mass is 122 g/mol. The van der Waals surface area contributed by atoms with E-state index in [4.69, 9.17) is 0 Å². The van der Waals surface area contributed by atoms with E-state index in [0.717, 1.165) is 0 Å². The van der Waals surface area contributed by atoms with Crippen LogP contribution in [0.25, 0.3) is 0 Å². The van der Waals surface area contributed by atoms with Crippen LogP contribution in [0, 0.1) is 0 Å². The maximum atomic E-state index is 12.0. The summed E-state index contributed by atoms with van der Waals surface area (Å²) in [7, 11) is 3.61. The largest absolute Gasteiger partial charge is 0.342 e. The van der Waals surface area contributed by atoms with Crippen molar-refractivity contribution in [3.63, 3.8) is 0 Å². The Labute approximate surface area is 47.5 Å². The van der Waals surface area contributed by atoms with Crippen LogP contribution >= 0.6 is 0 Å². The topological polar surface area (TPSA) is 0 Å². The van der Waals surface area contributed by atoms with Crippen LogP contribution in [-0.4, -0.2) is 37.6 Å². The molecule has 8 heavy (non-hydrogen) atoms. The maximum absolute atomic E-state index is 12.0. The smallest absolute Gasteiger partial charge is 0.318 e. The molecule has 1 saturated heterocycles. The van der Waals surface area contributed by atoms with Crippen LogP contribution in [0.4, 0.5) is 8.78 Å². The van der Waals surface area contributed by atoms with Gasteiger partial charge in [0, 0.05) is 0 Å². The summed E-state index contributed by atoms with van der Waals surface area (Å²) in [6.45, 7) is 0.0139. The molecule has 0 aliphatic carbocycles. The van der Waals surface area contributed by atoms with Gasteiger partial charge >= 0.3 is 5.92 Å². The molecule has 3 heteroatoms. The molecule has 1 aliphatic heterocycles. The van der Waals surface area contributed by atoms with E-state index in [1.807, 2.05) is 0 Å². The minimum Gasteiger partial charge on any atom is -0.318 e. The highest BCUT2D eigenvalue weighted by Gasteiger charge is 2.53. The number of hydrogen-bond donors (Lipinski definition) is 0. The Morgan fingerprint density at radius 2 is 1.62 bits per heavy atom. The lowest BCUT2D eigenvalue weighted by Gasteiger charge is -2.43. The van der Waals surface area contributed by atoms with Crippen molar-refractivity contribution in [1.82, 2.24) is 0 Å². The Hall–Kier alpha value is -0.180. The van der Waals surface area contributed by atoms with Gasteiger partial charge in [0.2, 0.25) is 0 Å². The number of halogens is 2. The van der Waals surface area contributed by atoms with Crippen LogP contribution in [0.1, 0.15) is 0 Å². The van der Waals surface area contributed by atoms with Crippen molar-refractivity contribution in [1.29, 1.82) is 0 Å². The molecule has 0 amide bonds. The number of hydrogen-bond acceptors (Lipinski definition) is 0. The first-order chi connectivity index (χ1) is 3.41. The molecule has 0 atom stereocenters. The van der Waals surface area contributed by atoms with Crippen molar-refractivity contribution in [2.45, 2.75) is 5.92 Å². The quantitative estimate of drug-likeness (QED) is 0.415. The fourth-order valence-electron chi connectivity index (χ4n) is 1.21. The number of likely N-dealkylation sites (tertiary alicyclic amines) is 1. The summed E-state index contributed by atoms with van der Waals surface area (Å²) < 4.78 is 24.5. The van der Waals surface area contributed by atoms with Gasteiger partial charge in [-0.05, 0) is 0 Å². The predicted molar refractivity (Wildman–Crippen MR) is 26.8 cm³/mol. The van der Waals surface area contributed by atoms with Gasteiger partial charge in [0.05, 0.1) is 14.1 Å². The minimum atomic E-state index is -2.37. The summed E-state index contributed by atoms with van der Waals surface area (Å²) in [5.74, 6) is -2.37. The molecule has 1 aliphatic rings. The second-order valence-electron chi connectivity index (χ2n) is 3.11. The molecular weight excluding hydrogens is 112 g/mol. The second kappa shape index (κ2) is 1.21. The number of quaternary nitrogens is 1. The van der Waals surface area contributed by atoms with E-state index in [9.17, 15) is 8.78 Å². The zero-order valence-electron chi connectivity index (χ0n) is 5.12. The van der Waals surface area contributed by atoms with Gasteiger partial charge in [-0.15, -0.1) is 0 Å². The summed E-state index contributed by atoms with van der Waals surface area (Å²) in [4.78, 5) is 0. The average molecular weight is 122 g/mol. The van der Waals surface area contributed by atoms with Crippen LogP contribution in [0.5, 0.6) is 0 Å².